The van der Waals surface area contributed by atoms with Gasteiger partial charge in [0.2, 0.25) is 5.95 Å². The van der Waals surface area contributed by atoms with Gasteiger partial charge in [-0.2, -0.15) is 10.1 Å². The fourth-order valence-electron chi connectivity index (χ4n) is 4.03. The molecule has 1 aliphatic rings. The number of nitrogens with zero attached hydrogens (tertiary/aromatic N) is 7. The minimum Gasteiger partial charge on any atom is -0.324 e. The third kappa shape index (κ3) is 2.79. The van der Waals surface area contributed by atoms with Crippen LogP contribution in [-0.2, 0) is 6.42 Å². The number of aromatic amines is 1. The first-order valence-corrected chi connectivity index (χ1v) is 9.74. The van der Waals surface area contributed by atoms with Crippen LogP contribution in [0.15, 0.2) is 60.9 Å². The Morgan fingerprint density at radius 2 is 1.93 bits per heavy atom. The summed E-state index contributed by atoms with van der Waals surface area (Å²) >= 11 is 0. The predicted octanol–water partition coefficient (Wildman–Crippen LogP) is 3.29. The van der Waals surface area contributed by atoms with Gasteiger partial charge < -0.3 is 5.32 Å². The molecule has 0 aliphatic heterocycles. The molecular weight excluding hydrogens is 378 g/mol. The van der Waals surface area contributed by atoms with E-state index in [9.17, 15) is 0 Å². The summed E-state index contributed by atoms with van der Waals surface area (Å²) in [5, 5.41) is 22.7. The van der Waals surface area contributed by atoms with Crippen molar-refractivity contribution in [3.05, 3.63) is 72.1 Å². The van der Waals surface area contributed by atoms with E-state index < -0.39 is 0 Å². The maximum Gasteiger partial charge on any atom is 0.229 e. The van der Waals surface area contributed by atoms with Crippen molar-refractivity contribution in [1.82, 2.24) is 40.4 Å². The largest absolute Gasteiger partial charge is 0.324 e. The molecular formula is C21H17N9. The number of nitrogens with one attached hydrogen (secondary N) is 2. The first kappa shape index (κ1) is 16.8. The number of H-pyrrole nitrogens is 1. The number of anilines is 2. The Morgan fingerprint density at radius 1 is 1.03 bits per heavy atom. The molecule has 6 rings (SSSR count). The molecule has 1 aliphatic carbocycles. The van der Waals surface area contributed by atoms with Gasteiger partial charge in [-0.15, -0.1) is 5.10 Å². The highest BCUT2D eigenvalue weighted by molar-refractivity contribution is 5.75. The molecule has 0 spiro atoms. The monoisotopic (exact) mass is 395 g/mol. The topological polar surface area (TPSA) is 110 Å². The molecule has 0 saturated carbocycles. The van der Waals surface area contributed by atoms with E-state index in [0.29, 0.717) is 11.8 Å². The van der Waals surface area contributed by atoms with Crippen molar-refractivity contribution >= 4 is 22.7 Å². The molecule has 146 valence electrons. The fraction of sp³-hybridized carbons (Fsp3) is 0.143. The highest BCUT2D eigenvalue weighted by Crippen LogP contribution is 2.35. The lowest BCUT2D eigenvalue weighted by atomic mass is 10.1. The summed E-state index contributed by atoms with van der Waals surface area (Å²) in [4.78, 5) is 9.20. The van der Waals surface area contributed by atoms with E-state index >= 15 is 0 Å². The molecule has 9 heteroatoms. The second kappa shape index (κ2) is 6.73. The Labute approximate surface area is 171 Å². The Bertz CT molecular complexity index is 1320. The van der Waals surface area contributed by atoms with Crippen LogP contribution in [0.5, 0.6) is 0 Å². The molecule has 3 heterocycles. The summed E-state index contributed by atoms with van der Waals surface area (Å²) in [5.74, 6) is 1.16. The average Bonchev–Trinajstić information content (AvgIpc) is 3.53. The van der Waals surface area contributed by atoms with Crippen molar-refractivity contribution in [2.45, 2.75) is 18.9 Å². The molecule has 0 saturated heterocycles. The lowest BCUT2D eigenvalue weighted by Gasteiger charge is -2.13. The molecule has 3 aromatic heterocycles. The molecule has 9 nitrogen and oxygen atoms in total. The van der Waals surface area contributed by atoms with Crippen LogP contribution in [0.4, 0.5) is 11.6 Å². The van der Waals surface area contributed by atoms with Gasteiger partial charge in [0.15, 0.2) is 11.5 Å². The van der Waals surface area contributed by atoms with Crippen LogP contribution in [-0.4, -0.2) is 40.4 Å². The molecule has 30 heavy (non-hydrogen) atoms. The number of tetrazole rings is 1. The van der Waals surface area contributed by atoms with Gasteiger partial charge in [-0.1, -0.05) is 24.3 Å². The molecule has 2 aromatic carbocycles. The number of benzene rings is 2. The summed E-state index contributed by atoms with van der Waals surface area (Å²) in [6, 6.07) is 16.5. The zero-order chi connectivity index (χ0) is 19.9. The Morgan fingerprint density at radius 3 is 2.80 bits per heavy atom. The van der Waals surface area contributed by atoms with Gasteiger partial charge in [0, 0.05) is 17.4 Å². The number of aromatic nitrogens is 8. The van der Waals surface area contributed by atoms with Crippen molar-refractivity contribution in [3.8, 4) is 11.4 Å². The van der Waals surface area contributed by atoms with E-state index in [1.165, 1.54) is 11.1 Å². The molecule has 5 aromatic rings. The van der Waals surface area contributed by atoms with E-state index in [-0.39, 0.29) is 6.04 Å². The van der Waals surface area contributed by atoms with Crippen molar-refractivity contribution in [2.24, 2.45) is 0 Å². The first-order valence-electron chi connectivity index (χ1n) is 9.74. The summed E-state index contributed by atoms with van der Waals surface area (Å²) in [5.41, 5.74) is 5.33. The molecule has 0 bridgehead atoms. The summed E-state index contributed by atoms with van der Waals surface area (Å²) in [6.07, 6.45) is 5.73. The summed E-state index contributed by atoms with van der Waals surface area (Å²) in [7, 11) is 0. The second-order valence-corrected chi connectivity index (χ2v) is 7.27. The lowest BCUT2D eigenvalue weighted by molar-refractivity contribution is 0.533. The van der Waals surface area contributed by atoms with Crippen molar-refractivity contribution < 1.29 is 0 Å². The van der Waals surface area contributed by atoms with Crippen LogP contribution >= 0.6 is 0 Å². The van der Waals surface area contributed by atoms with Crippen molar-refractivity contribution in [3.63, 3.8) is 0 Å². The smallest absolute Gasteiger partial charge is 0.229 e. The van der Waals surface area contributed by atoms with Crippen LogP contribution < -0.4 is 5.32 Å². The van der Waals surface area contributed by atoms with Gasteiger partial charge in [-0.05, 0) is 58.7 Å². The summed E-state index contributed by atoms with van der Waals surface area (Å²) < 4.78 is 2.02. The van der Waals surface area contributed by atoms with Gasteiger partial charge in [0.05, 0.1) is 17.6 Å². The average molecular weight is 395 g/mol. The van der Waals surface area contributed by atoms with Crippen LogP contribution in [0.2, 0.25) is 0 Å². The Hall–Kier alpha value is -4.14. The SMILES string of the molecule is c1ccc2c(c1)CCC2n1ncc2cnc(Nc3ccc(-c4nnn[nH]4)cc3)nc21. The highest BCUT2D eigenvalue weighted by Gasteiger charge is 2.26. The minimum atomic E-state index is 0.205. The van der Waals surface area contributed by atoms with E-state index in [0.717, 1.165) is 35.1 Å². The zero-order valence-electron chi connectivity index (χ0n) is 15.9. The minimum absolute atomic E-state index is 0.205. The van der Waals surface area contributed by atoms with Crippen molar-refractivity contribution in [1.29, 1.82) is 0 Å². The van der Waals surface area contributed by atoms with E-state index in [1.54, 1.807) is 0 Å². The van der Waals surface area contributed by atoms with Crippen LogP contribution in [0.3, 0.4) is 0 Å². The number of rotatable bonds is 4. The van der Waals surface area contributed by atoms with Crippen molar-refractivity contribution in [2.75, 3.05) is 5.32 Å². The van der Waals surface area contributed by atoms with Crippen LogP contribution in [0.1, 0.15) is 23.6 Å². The molecule has 0 amide bonds. The lowest BCUT2D eigenvalue weighted by Crippen LogP contribution is -2.10. The fourth-order valence-corrected chi connectivity index (χ4v) is 4.03. The van der Waals surface area contributed by atoms with Crippen LogP contribution in [0.25, 0.3) is 22.4 Å². The van der Waals surface area contributed by atoms with E-state index in [1.807, 2.05) is 41.3 Å². The molecule has 0 fully saturated rings. The molecule has 1 unspecified atom stereocenters. The van der Waals surface area contributed by atoms with Gasteiger partial charge in [0.1, 0.15) is 0 Å². The Kier molecular flexibility index (Phi) is 3.76. The summed E-state index contributed by atoms with van der Waals surface area (Å²) in [6.45, 7) is 0. The van der Waals surface area contributed by atoms with Gasteiger partial charge in [0.25, 0.3) is 0 Å². The van der Waals surface area contributed by atoms with E-state index in [2.05, 4.69) is 60.3 Å². The molecule has 0 radical (unpaired) electrons. The third-order valence-corrected chi connectivity index (χ3v) is 5.49. The van der Waals surface area contributed by atoms with Gasteiger partial charge in [-0.3, -0.25) is 0 Å². The Balaban J connectivity index is 1.31. The predicted molar refractivity (Wildman–Crippen MR) is 111 cm³/mol. The molecule has 2 N–H and O–H groups in total. The maximum absolute atomic E-state index is 4.76. The quantitative estimate of drug-likeness (QED) is 0.480. The second-order valence-electron chi connectivity index (χ2n) is 7.27. The number of fused-ring (bicyclic) bond motifs is 2. The van der Waals surface area contributed by atoms with Gasteiger partial charge in [-0.25, -0.2) is 14.8 Å². The van der Waals surface area contributed by atoms with Crippen LogP contribution in [0, 0.1) is 0 Å². The number of aryl methyl sites for hydroxylation is 1. The maximum atomic E-state index is 4.76. The molecule has 1 atom stereocenters. The number of hydrogen-bond acceptors (Lipinski definition) is 7. The van der Waals surface area contributed by atoms with Gasteiger partial charge >= 0.3 is 0 Å². The normalized spacial score (nSPS) is 15.4. The standard InChI is InChI=1S/C21H17N9/c1-2-4-17-13(3-1)7-10-18(17)30-20-15(12-23-30)11-22-21(25-20)24-16-8-5-14(6-9-16)19-26-28-29-27-19/h1-6,8-9,11-12,18H,7,10H2,(H,22,24,25)(H,26,27,28,29). The number of hydrogen-bond donors (Lipinski definition) is 2. The highest BCUT2D eigenvalue weighted by atomic mass is 15.5. The zero-order valence-corrected chi connectivity index (χ0v) is 15.9. The first-order chi connectivity index (χ1) is 14.8. The van der Waals surface area contributed by atoms with E-state index in [4.69, 9.17) is 4.98 Å². The third-order valence-electron chi connectivity index (χ3n) is 5.49.